The van der Waals surface area contributed by atoms with Crippen LogP contribution in [0.5, 0.6) is 5.75 Å². The lowest BCUT2D eigenvalue weighted by Crippen LogP contribution is -2.17. The summed E-state index contributed by atoms with van der Waals surface area (Å²) in [5.41, 5.74) is 5.58. The Morgan fingerprint density at radius 1 is 1.24 bits per heavy atom. The first-order valence-corrected chi connectivity index (χ1v) is 10.5. The van der Waals surface area contributed by atoms with Crippen molar-refractivity contribution in [2.24, 2.45) is 11.0 Å². The molecule has 3 rings (SSSR count). The maximum absolute atomic E-state index is 12.5. The number of benzene rings is 2. The molecule has 6 nitrogen and oxygen atoms in total. The number of fused-ring (bicyclic) bond motifs is 1. The summed E-state index contributed by atoms with van der Waals surface area (Å²) in [5, 5.41) is 5.38. The van der Waals surface area contributed by atoms with Crippen LogP contribution in [0.15, 0.2) is 52.7 Å². The Bertz CT molecular complexity index is 1010. The van der Waals surface area contributed by atoms with E-state index in [1.165, 1.54) is 0 Å². The van der Waals surface area contributed by atoms with E-state index in [0.717, 1.165) is 27.5 Å². The monoisotopic (exact) mass is 410 g/mol. The highest BCUT2D eigenvalue weighted by Gasteiger charge is 2.10. The van der Waals surface area contributed by atoms with Crippen molar-refractivity contribution in [1.29, 1.82) is 0 Å². The summed E-state index contributed by atoms with van der Waals surface area (Å²) in [6.07, 6.45) is 1.60. The smallest absolute Gasteiger partial charge is 0.271 e. The Balaban J connectivity index is 1.67. The van der Waals surface area contributed by atoms with Gasteiger partial charge in [-0.1, -0.05) is 51.6 Å². The minimum absolute atomic E-state index is 0.281. The van der Waals surface area contributed by atoms with Crippen LogP contribution in [0.2, 0.25) is 0 Å². The second kappa shape index (κ2) is 9.60. The molecule has 0 saturated carbocycles. The van der Waals surface area contributed by atoms with Gasteiger partial charge in [-0.2, -0.15) is 5.10 Å². The lowest BCUT2D eigenvalue weighted by Gasteiger charge is -2.10. The number of imidazole rings is 1. The average Bonchev–Trinajstić information content (AvgIpc) is 3.07. The second-order valence-corrected chi connectivity index (χ2v) is 8.95. The number of hydrogen-bond donors (Lipinski definition) is 2. The molecule has 3 aromatic rings. The molecular formula is C22H26N4O2S. The fourth-order valence-electron chi connectivity index (χ4n) is 2.61. The first kappa shape index (κ1) is 20.9. The molecule has 7 heteroatoms. The summed E-state index contributed by atoms with van der Waals surface area (Å²) in [4.78, 5) is 20.2. The highest BCUT2D eigenvalue weighted by Crippen LogP contribution is 2.23. The van der Waals surface area contributed by atoms with Crippen LogP contribution >= 0.6 is 11.8 Å². The Kier molecular flexibility index (Phi) is 6.93. The third kappa shape index (κ3) is 5.84. The van der Waals surface area contributed by atoms with Crippen LogP contribution in [0.25, 0.3) is 11.0 Å². The van der Waals surface area contributed by atoms with Gasteiger partial charge >= 0.3 is 0 Å². The molecule has 0 spiro atoms. The van der Waals surface area contributed by atoms with Crippen LogP contribution in [-0.4, -0.2) is 33.9 Å². The van der Waals surface area contributed by atoms with Gasteiger partial charge in [0.05, 0.1) is 23.9 Å². The van der Waals surface area contributed by atoms with Crippen molar-refractivity contribution < 1.29 is 9.53 Å². The molecule has 152 valence electrons. The third-order valence-electron chi connectivity index (χ3n) is 3.93. The molecule has 2 N–H and O–H groups in total. The maximum atomic E-state index is 12.5. The van der Waals surface area contributed by atoms with Gasteiger partial charge in [0.2, 0.25) is 0 Å². The highest BCUT2D eigenvalue weighted by atomic mass is 32.2. The van der Waals surface area contributed by atoms with E-state index in [2.05, 4.69) is 48.2 Å². The van der Waals surface area contributed by atoms with E-state index in [1.807, 2.05) is 30.3 Å². The minimum atomic E-state index is -0.281. The first-order chi connectivity index (χ1) is 13.9. The van der Waals surface area contributed by atoms with Gasteiger partial charge in [0.15, 0.2) is 5.16 Å². The number of rotatable bonds is 8. The van der Waals surface area contributed by atoms with E-state index in [-0.39, 0.29) is 5.91 Å². The fourth-order valence-corrected chi connectivity index (χ4v) is 3.37. The number of thioether (sulfide) groups is 1. The van der Waals surface area contributed by atoms with Gasteiger partial charge in [0.25, 0.3) is 5.91 Å². The van der Waals surface area contributed by atoms with Gasteiger partial charge in [0.1, 0.15) is 5.75 Å². The molecule has 0 atom stereocenters. The van der Waals surface area contributed by atoms with Crippen molar-refractivity contribution in [3.05, 3.63) is 53.6 Å². The quantitative estimate of drug-likeness (QED) is 0.316. The largest absolute Gasteiger partial charge is 0.493 e. The van der Waals surface area contributed by atoms with Crippen LogP contribution in [0, 0.1) is 5.92 Å². The summed E-state index contributed by atoms with van der Waals surface area (Å²) < 4.78 is 5.80. The predicted octanol–water partition coefficient (Wildman–Crippen LogP) is 4.86. The van der Waals surface area contributed by atoms with Crippen molar-refractivity contribution in [2.45, 2.75) is 38.1 Å². The zero-order valence-corrected chi connectivity index (χ0v) is 17.9. The number of nitrogens with zero attached hydrogens (tertiary/aromatic N) is 2. The van der Waals surface area contributed by atoms with Crippen molar-refractivity contribution in [3.63, 3.8) is 0 Å². The molecule has 0 bridgehead atoms. The Labute approximate surface area is 175 Å². The standard InChI is InChI=1S/C22H26N4O2S/c1-14(2)13-28-20-8-6-5-7-17(20)12-23-26-21(27)16-9-10-18-19(11-16)25-22(24-18)29-15(3)4/h5-12,14-15H,13H2,1-4H3,(H,24,25)(H,26,27)/b23-12-. The topological polar surface area (TPSA) is 79.4 Å². The van der Waals surface area contributed by atoms with E-state index < -0.39 is 0 Å². The number of H-pyrrole nitrogens is 1. The molecule has 1 amide bonds. The minimum Gasteiger partial charge on any atom is -0.493 e. The molecule has 0 aliphatic carbocycles. The van der Waals surface area contributed by atoms with E-state index in [0.29, 0.717) is 23.3 Å². The Morgan fingerprint density at radius 3 is 2.79 bits per heavy atom. The van der Waals surface area contributed by atoms with Gasteiger partial charge in [-0.05, 0) is 36.2 Å². The van der Waals surface area contributed by atoms with Crippen molar-refractivity contribution in [1.82, 2.24) is 15.4 Å². The van der Waals surface area contributed by atoms with E-state index >= 15 is 0 Å². The third-order valence-corrected chi connectivity index (χ3v) is 4.82. The van der Waals surface area contributed by atoms with E-state index in [9.17, 15) is 4.79 Å². The molecular weight excluding hydrogens is 384 g/mol. The number of nitrogens with one attached hydrogen (secondary N) is 2. The second-order valence-electron chi connectivity index (χ2n) is 7.38. The van der Waals surface area contributed by atoms with Crippen molar-refractivity contribution in [3.8, 4) is 5.75 Å². The van der Waals surface area contributed by atoms with Crippen LogP contribution < -0.4 is 10.2 Å². The number of aromatic amines is 1. The molecule has 0 radical (unpaired) electrons. The number of carbonyl (C=O) groups excluding carboxylic acids is 1. The van der Waals surface area contributed by atoms with E-state index in [4.69, 9.17) is 4.74 Å². The predicted molar refractivity (Wildman–Crippen MR) is 119 cm³/mol. The molecule has 1 aromatic heterocycles. The van der Waals surface area contributed by atoms with Crippen LogP contribution in [0.3, 0.4) is 0 Å². The normalized spacial score (nSPS) is 11.7. The Morgan fingerprint density at radius 2 is 2.03 bits per heavy atom. The zero-order chi connectivity index (χ0) is 20.8. The number of hydrazone groups is 1. The summed E-state index contributed by atoms with van der Waals surface area (Å²) >= 11 is 1.65. The molecule has 0 fully saturated rings. The van der Waals surface area contributed by atoms with Crippen molar-refractivity contribution >= 4 is 34.9 Å². The number of para-hydroxylation sites is 1. The van der Waals surface area contributed by atoms with Gasteiger partial charge in [0, 0.05) is 16.4 Å². The summed E-state index contributed by atoms with van der Waals surface area (Å²) in [6.45, 7) is 9.04. The molecule has 0 aliphatic rings. The number of amides is 1. The lowest BCUT2D eigenvalue weighted by atomic mass is 10.2. The molecule has 2 aromatic carbocycles. The zero-order valence-electron chi connectivity index (χ0n) is 17.1. The van der Waals surface area contributed by atoms with Crippen LogP contribution in [-0.2, 0) is 0 Å². The van der Waals surface area contributed by atoms with Gasteiger partial charge in [-0.3, -0.25) is 4.79 Å². The van der Waals surface area contributed by atoms with Crippen LogP contribution in [0.4, 0.5) is 0 Å². The molecule has 1 heterocycles. The van der Waals surface area contributed by atoms with Gasteiger partial charge < -0.3 is 9.72 Å². The van der Waals surface area contributed by atoms with E-state index in [1.54, 1.807) is 30.1 Å². The summed E-state index contributed by atoms with van der Waals surface area (Å²) in [5.74, 6) is 0.890. The summed E-state index contributed by atoms with van der Waals surface area (Å²) in [7, 11) is 0. The van der Waals surface area contributed by atoms with Crippen LogP contribution in [0.1, 0.15) is 43.6 Å². The molecule has 0 unspecified atom stereocenters. The molecule has 0 saturated heterocycles. The number of hydrogen-bond acceptors (Lipinski definition) is 5. The molecule has 29 heavy (non-hydrogen) atoms. The average molecular weight is 411 g/mol. The van der Waals surface area contributed by atoms with Crippen molar-refractivity contribution in [2.75, 3.05) is 6.61 Å². The maximum Gasteiger partial charge on any atom is 0.271 e. The Hall–Kier alpha value is -2.80. The first-order valence-electron chi connectivity index (χ1n) is 9.64. The van der Waals surface area contributed by atoms with Gasteiger partial charge in [-0.15, -0.1) is 0 Å². The molecule has 0 aliphatic heterocycles. The number of aromatic nitrogens is 2. The highest BCUT2D eigenvalue weighted by molar-refractivity contribution is 7.99. The SMILES string of the molecule is CC(C)COc1ccccc1/C=N\NC(=O)c1ccc2nc(SC(C)C)[nH]c2c1. The number of ether oxygens (including phenoxy) is 1. The number of carbonyl (C=O) groups is 1. The summed E-state index contributed by atoms with van der Waals surface area (Å²) in [6, 6.07) is 13.0. The lowest BCUT2D eigenvalue weighted by molar-refractivity contribution is 0.0955. The fraction of sp³-hybridized carbons (Fsp3) is 0.318. The van der Waals surface area contributed by atoms with Gasteiger partial charge in [-0.25, -0.2) is 10.4 Å².